The van der Waals surface area contributed by atoms with E-state index in [0.29, 0.717) is 39.9 Å². The molecule has 0 radical (unpaired) electrons. The molecule has 0 spiro atoms. The van der Waals surface area contributed by atoms with Crippen LogP contribution >= 0.6 is 0 Å². The lowest BCUT2D eigenvalue weighted by Gasteiger charge is -2.59. The Labute approximate surface area is 277 Å². The second kappa shape index (κ2) is 10.7. The molecule has 5 heterocycles. The SMILES string of the molecule is CC(C)(C)C12OOC1(c1cc3cc(O[SiH3])ccc3o1)OCC2(C)C.CC(C)(C)C1=C(c2cc3cc(O[SiH3])ccc3o2)OCC1(C)C. The lowest BCUT2D eigenvalue weighted by Crippen LogP contribution is -2.72. The van der Waals surface area contributed by atoms with Crippen LogP contribution in [0.4, 0.5) is 0 Å². The Balaban J connectivity index is 0.000000162. The minimum Gasteiger partial charge on any atom is -0.553 e. The van der Waals surface area contributed by atoms with Gasteiger partial charge in [0.15, 0.2) is 22.9 Å². The van der Waals surface area contributed by atoms with E-state index < -0.39 is 11.4 Å². The Hall–Kier alpha value is -3.03. The summed E-state index contributed by atoms with van der Waals surface area (Å²) in [7, 11) is 1.34. The van der Waals surface area contributed by atoms with Crippen molar-refractivity contribution in [3.8, 4) is 11.5 Å². The van der Waals surface area contributed by atoms with E-state index in [2.05, 4.69) is 75.3 Å². The van der Waals surface area contributed by atoms with E-state index >= 15 is 0 Å². The van der Waals surface area contributed by atoms with Crippen molar-refractivity contribution in [3.63, 3.8) is 0 Å². The van der Waals surface area contributed by atoms with Crippen LogP contribution in [0.2, 0.25) is 0 Å². The van der Waals surface area contributed by atoms with Crippen LogP contribution in [0.25, 0.3) is 27.7 Å². The van der Waals surface area contributed by atoms with E-state index in [1.54, 1.807) is 0 Å². The Morgan fingerprint density at radius 3 is 1.83 bits per heavy atom. The summed E-state index contributed by atoms with van der Waals surface area (Å²) in [5.41, 5.74) is 1.99. The predicted molar refractivity (Wildman–Crippen MR) is 185 cm³/mol. The monoisotopic (exact) mass is 664 g/mol. The van der Waals surface area contributed by atoms with E-state index in [1.807, 2.05) is 42.5 Å². The number of ether oxygens (including phenoxy) is 2. The van der Waals surface area contributed by atoms with Gasteiger partial charge in [-0.15, -0.1) is 0 Å². The average Bonchev–Trinajstić information content (AvgIpc) is 3.67. The average molecular weight is 665 g/mol. The van der Waals surface area contributed by atoms with Gasteiger partial charge in [-0.3, -0.25) is 0 Å². The molecule has 0 aliphatic carbocycles. The highest BCUT2D eigenvalue weighted by Crippen LogP contribution is 2.69. The van der Waals surface area contributed by atoms with Crippen molar-refractivity contribution in [3.05, 3.63) is 65.6 Å². The fourth-order valence-corrected chi connectivity index (χ4v) is 8.52. The molecule has 0 N–H and O–H groups in total. The second-order valence-corrected chi connectivity index (χ2v) is 16.9. The topological polar surface area (TPSA) is 81.7 Å². The Morgan fingerprint density at radius 2 is 1.30 bits per heavy atom. The first kappa shape index (κ1) is 32.9. The molecular formula is C36H48O8Si2. The summed E-state index contributed by atoms with van der Waals surface area (Å²) in [5.74, 6) is 3.09. The molecular weight excluding hydrogens is 617 g/mol. The number of fused-ring (bicyclic) bond motifs is 3. The van der Waals surface area contributed by atoms with Crippen molar-refractivity contribution >= 4 is 48.7 Å². The van der Waals surface area contributed by atoms with Gasteiger partial charge in [-0.25, -0.2) is 4.89 Å². The molecule has 0 saturated carbocycles. The van der Waals surface area contributed by atoms with Gasteiger partial charge in [0, 0.05) is 27.0 Å². The molecule has 10 heteroatoms. The predicted octanol–water partition coefficient (Wildman–Crippen LogP) is 6.95. The third-order valence-corrected chi connectivity index (χ3v) is 10.6. The summed E-state index contributed by atoms with van der Waals surface area (Å²) in [6.45, 7) is 23.1. The van der Waals surface area contributed by atoms with Gasteiger partial charge in [-0.05, 0) is 59.5 Å². The third-order valence-electron chi connectivity index (χ3n) is 9.62. The molecule has 3 aliphatic rings. The van der Waals surface area contributed by atoms with Crippen molar-refractivity contribution in [2.75, 3.05) is 13.2 Å². The van der Waals surface area contributed by atoms with Gasteiger partial charge < -0.3 is 27.2 Å². The van der Waals surface area contributed by atoms with Gasteiger partial charge in [0.25, 0.3) is 5.79 Å². The molecule has 2 unspecified atom stereocenters. The normalized spacial score (nSPS) is 25.3. The zero-order chi connectivity index (χ0) is 33.5. The van der Waals surface area contributed by atoms with E-state index in [4.69, 9.17) is 36.9 Å². The Morgan fingerprint density at radius 1 is 0.717 bits per heavy atom. The highest BCUT2D eigenvalue weighted by atomic mass is 28.2. The van der Waals surface area contributed by atoms with Gasteiger partial charge in [0.1, 0.15) is 22.7 Å². The molecule has 0 amide bonds. The van der Waals surface area contributed by atoms with Gasteiger partial charge >= 0.3 is 0 Å². The van der Waals surface area contributed by atoms with Crippen LogP contribution in [0.1, 0.15) is 80.8 Å². The third kappa shape index (κ3) is 4.87. The molecule has 2 saturated heterocycles. The van der Waals surface area contributed by atoms with Crippen LogP contribution in [-0.4, -0.2) is 39.8 Å². The molecule has 7 rings (SSSR count). The lowest BCUT2D eigenvalue weighted by atomic mass is 9.58. The van der Waals surface area contributed by atoms with E-state index in [1.165, 1.54) is 5.57 Å². The minimum atomic E-state index is -1.02. The zero-order valence-electron chi connectivity index (χ0n) is 29.3. The van der Waals surface area contributed by atoms with Crippen molar-refractivity contribution in [1.29, 1.82) is 0 Å². The van der Waals surface area contributed by atoms with Crippen LogP contribution in [0, 0.1) is 21.7 Å². The molecule has 2 atom stereocenters. The molecule has 248 valence electrons. The molecule has 3 aliphatic heterocycles. The molecule has 4 aromatic rings. The van der Waals surface area contributed by atoms with Crippen LogP contribution in [-0.2, 0) is 25.0 Å². The summed E-state index contributed by atoms with van der Waals surface area (Å²) >= 11 is 0. The van der Waals surface area contributed by atoms with Gasteiger partial charge in [0.05, 0.1) is 13.2 Å². The lowest BCUT2D eigenvalue weighted by molar-refractivity contribution is -0.629. The maximum absolute atomic E-state index is 6.19. The molecule has 0 bridgehead atoms. The fraction of sp³-hybridized carbons (Fsp3) is 0.500. The Bertz CT molecular complexity index is 1820. The number of hydrogen-bond donors (Lipinski definition) is 0. The molecule has 46 heavy (non-hydrogen) atoms. The van der Waals surface area contributed by atoms with Crippen LogP contribution < -0.4 is 8.85 Å². The number of benzene rings is 2. The van der Waals surface area contributed by atoms with E-state index in [9.17, 15) is 0 Å². The van der Waals surface area contributed by atoms with Crippen molar-refractivity contribution in [1.82, 2.24) is 0 Å². The summed E-state index contributed by atoms with van der Waals surface area (Å²) in [4.78, 5) is 11.5. The highest BCUT2D eigenvalue weighted by molar-refractivity contribution is 6.00. The highest BCUT2D eigenvalue weighted by Gasteiger charge is 2.82. The first-order valence-corrected chi connectivity index (χ1v) is 17.6. The quantitative estimate of drug-likeness (QED) is 0.171. The number of hydrogen-bond acceptors (Lipinski definition) is 8. The van der Waals surface area contributed by atoms with E-state index in [0.717, 1.165) is 45.0 Å². The van der Waals surface area contributed by atoms with Gasteiger partial charge in [-0.1, -0.05) is 69.2 Å². The summed E-state index contributed by atoms with van der Waals surface area (Å²) in [6.07, 6.45) is 0. The molecule has 8 nitrogen and oxygen atoms in total. The zero-order valence-corrected chi connectivity index (χ0v) is 33.3. The maximum Gasteiger partial charge on any atom is 0.293 e. The van der Waals surface area contributed by atoms with Crippen molar-refractivity contribution in [2.45, 2.75) is 80.6 Å². The summed E-state index contributed by atoms with van der Waals surface area (Å²) in [5, 5.41) is 2.02. The van der Waals surface area contributed by atoms with Crippen molar-refractivity contribution in [2.24, 2.45) is 21.7 Å². The van der Waals surface area contributed by atoms with E-state index in [-0.39, 0.29) is 21.7 Å². The summed E-state index contributed by atoms with van der Waals surface area (Å²) in [6, 6.07) is 15.8. The molecule has 2 aromatic carbocycles. The van der Waals surface area contributed by atoms with Crippen LogP contribution in [0.15, 0.2) is 62.9 Å². The minimum absolute atomic E-state index is 0.0237. The number of furan rings is 2. The smallest absolute Gasteiger partial charge is 0.293 e. The molecule has 2 aromatic heterocycles. The standard InChI is InChI=1S/C18H24O5Si.C18H24O3Si/c1-15(2,3)18-16(4,5)10-19-17(18,22-23-18)14-9-11-8-12(21-24)6-7-13(11)20-14;1-17(2,3)16-15(19-10-18(16,4)5)14-9-11-8-12(21-22)6-7-13(11)20-14/h6-9H,10H2,1-5,24H3;6-9H,10H2,1-5,22H3. The fourth-order valence-electron chi connectivity index (χ4n) is 8.01. The second-order valence-electron chi connectivity index (χ2n) is 16.0. The maximum atomic E-state index is 6.19. The largest absolute Gasteiger partial charge is 0.553 e. The van der Waals surface area contributed by atoms with Gasteiger partial charge in [0.2, 0.25) is 21.0 Å². The Kier molecular flexibility index (Phi) is 7.69. The molecule has 2 fully saturated rings. The van der Waals surface area contributed by atoms with Gasteiger partial charge in [-0.2, -0.15) is 4.89 Å². The first-order chi connectivity index (χ1) is 21.4. The first-order valence-electron chi connectivity index (χ1n) is 15.9. The van der Waals surface area contributed by atoms with Crippen LogP contribution in [0.5, 0.6) is 11.5 Å². The van der Waals surface area contributed by atoms with Crippen molar-refractivity contribution < 1.29 is 36.9 Å². The van der Waals surface area contributed by atoms with Crippen LogP contribution in [0.3, 0.4) is 0 Å². The number of rotatable bonds is 4. The summed E-state index contributed by atoms with van der Waals surface area (Å²) < 4.78 is 35.2.